The van der Waals surface area contributed by atoms with E-state index < -0.39 is 0 Å². The summed E-state index contributed by atoms with van der Waals surface area (Å²) in [4.78, 5) is 12.5. The van der Waals surface area contributed by atoms with Crippen LogP contribution in [0.2, 0.25) is 0 Å². The van der Waals surface area contributed by atoms with Gasteiger partial charge in [-0.3, -0.25) is 4.79 Å². The van der Waals surface area contributed by atoms with E-state index in [1.54, 1.807) is 0 Å². The van der Waals surface area contributed by atoms with Gasteiger partial charge in [-0.2, -0.15) is 0 Å². The Morgan fingerprint density at radius 3 is 2.56 bits per heavy atom. The van der Waals surface area contributed by atoms with Crippen LogP contribution in [0.1, 0.15) is 74.6 Å². The van der Waals surface area contributed by atoms with Crippen molar-refractivity contribution in [2.24, 2.45) is 5.92 Å². The maximum atomic E-state index is 12.5. The first-order valence-corrected chi connectivity index (χ1v) is 9.84. The van der Waals surface area contributed by atoms with E-state index in [1.165, 1.54) is 68.1 Å². The molecule has 3 unspecified atom stereocenters. The van der Waals surface area contributed by atoms with Crippen molar-refractivity contribution in [2.45, 2.75) is 82.8 Å². The molecule has 3 aliphatic rings. The van der Waals surface area contributed by atoms with E-state index in [1.807, 2.05) is 0 Å². The minimum absolute atomic E-state index is 0. The summed E-state index contributed by atoms with van der Waals surface area (Å²) < 4.78 is 0. The van der Waals surface area contributed by atoms with Crippen molar-refractivity contribution in [1.29, 1.82) is 0 Å². The van der Waals surface area contributed by atoms with Gasteiger partial charge in [0, 0.05) is 18.5 Å². The highest BCUT2D eigenvalue weighted by atomic mass is 35.5. The summed E-state index contributed by atoms with van der Waals surface area (Å²) in [6.45, 7) is 2.12. The molecule has 0 spiro atoms. The van der Waals surface area contributed by atoms with E-state index >= 15 is 0 Å². The van der Waals surface area contributed by atoms with Crippen LogP contribution in [0.25, 0.3) is 0 Å². The first-order valence-electron chi connectivity index (χ1n) is 9.84. The van der Waals surface area contributed by atoms with Gasteiger partial charge in [0.05, 0.1) is 6.04 Å². The predicted molar refractivity (Wildman–Crippen MR) is 104 cm³/mol. The lowest BCUT2D eigenvalue weighted by Gasteiger charge is -2.29. The molecule has 0 aromatic heterocycles. The van der Waals surface area contributed by atoms with Gasteiger partial charge in [0.15, 0.2) is 0 Å². The number of amides is 1. The quantitative estimate of drug-likeness (QED) is 0.847. The molecule has 4 heteroatoms. The maximum absolute atomic E-state index is 12.5. The lowest BCUT2D eigenvalue weighted by atomic mass is 9.88. The van der Waals surface area contributed by atoms with Crippen LogP contribution in [0.4, 0.5) is 0 Å². The number of hydrogen-bond donors (Lipinski definition) is 2. The average molecular weight is 363 g/mol. The zero-order valence-corrected chi connectivity index (χ0v) is 16.0. The monoisotopic (exact) mass is 362 g/mol. The third-order valence-electron chi connectivity index (χ3n) is 6.29. The van der Waals surface area contributed by atoms with Crippen molar-refractivity contribution in [3.63, 3.8) is 0 Å². The third kappa shape index (κ3) is 4.38. The van der Waals surface area contributed by atoms with Crippen molar-refractivity contribution in [1.82, 2.24) is 10.6 Å². The minimum atomic E-state index is 0. The van der Waals surface area contributed by atoms with E-state index in [9.17, 15) is 4.79 Å². The molecule has 4 rings (SSSR count). The SMILES string of the molecule is CC(NC(=O)CC1CC2CCC(C1)N2)c1ccc2c(c1)CCCC2.Cl. The number of rotatable bonds is 4. The summed E-state index contributed by atoms with van der Waals surface area (Å²) in [7, 11) is 0. The second-order valence-electron chi connectivity index (χ2n) is 8.20. The van der Waals surface area contributed by atoms with Gasteiger partial charge in [0.1, 0.15) is 0 Å². The molecule has 1 amide bonds. The molecule has 2 aliphatic heterocycles. The first kappa shape index (κ1) is 18.7. The van der Waals surface area contributed by atoms with Gasteiger partial charge in [-0.25, -0.2) is 0 Å². The minimum Gasteiger partial charge on any atom is -0.350 e. The molecule has 2 saturated heterocycles. The number of carbonyl (C=O) groups is 1. The Kier molecular flexibility index (Phi) is 6.06. The predicted octanol–water partition coefficient (Wildman–Crippen LogP) is 4.09. The molecule has 2 heterocycles. The second-order valence-corrected chi connectivity index (χ2v) is 8.20. The second kappa shape index (κ2) is 8.09. The molecule has 3 nitrogen and oxygen atoms in total. The first-order chi connectivity index (χ1) is 11.7. The fourth-order valence-corrected chi connectivity index (χ4v) is 5.01. The van der Waals surface area contributed by atoms with Gasteiger partial charge >= 0.3 is 0 Å². The van der Waals surface area contributed by atoms with E-state index in [0.29, 0.717) is 24.4 Å². The zero-order valence-electron chi connectivity index (χ0n) is 15.2. The lowest BCUT2D eigenvalue weighted by Crippen LogP contribution is -2.40. The fraction of sp³-hybridized carbons (Fsp3) is 0.667. The van der Waals surface area contributed by atoms with Crippen LogP contribution in [0.5, 0.6) is 0 Å². The van der Waals surface area contributed by atoms with Crippen LogP contribution in [0.15, 0.2) is 18.2 Å². The number of benzene rings is 1. The standard InChI is InChI=1S/C21H30N2O.ClH/c1-14(17-7-6-16-4-2-3-5-18(16)13-17)22-21(24)12-15-10-19-8-9-20(11-15)23-19;/h6-7,13-15,19-20,23H,2-5,8-12H2,1H3,(H,22,24);1H. The zero-order chi connectivity index (χ0) is 16.5. The van der Waals surface area contributed by atoms with E-state index in [-0.39, 0.29) is 24.4 Å². The molecule has 25 heavy (non-hydrogen) atoms. The molecule has 0 saturated carbocycles. The van der Waals surface area contributed by atoms with Gasteiger partial charge < -0.3 is 10.6 Å². The molecule has 1 aliphatic carbocycles. The van der Waals surface area contributed by atoms with Crippen LogP contribution >= 0.6 is 12.4 Å². The molecule has 1 aromatic carbocycles. The highest BCUT2D eigenvalue weighted by Crippen LogP contribution is 2.33. The van der Waals surface area contributed by atoms with Gasteiger partial charge in [0.25, 0.3) is 0 Å². The summed E-state index contributed by atoms with van der Waals surface area (Å²) in [5.41, 5.74) is 4.26. The summed E-state index contributed by atoms with van der Waals surface area (Å²) in [5, 5.41) is 6.90. The van der Waals surface area contributed by atoms with Crippen LogP contribution in [-0.2, 0) is 17.6 Å². The number of nitrogens with one attached hydrogen (secondary N) is 2. The van der Waals surface area contributed by atoms with E-state index in [0.717, 1.165) is 0 Å². The number of carbonyl (C=O) groups excluding carboxylic acids is 1. The van der Waals surface area contributed by atoms with Crippen molar-refractivity contribution in [3.05, 3.63) is 34.9 Å². The maximum Gasteiger partial charge on any atom is 0.220 e. The summed E-state index contributed by atoms with van der Waals surface area (Å²) in [5.74, 6) is 0.797. The van der Waals surface area contributed by atoms with Crippen molar-refractivity contribution in [3.8, 4) is 0 Å². The van der Waals surface area contributed by atoms with Crippen LogP contribution in [0.3, 0.4) is 0 Å². The fourth-order valence-electron chi connectivity index (χ4n) is 5.01. The van der Waals surface area contributed by atoms with Crippen LogP contribution in [-0.4, -0.2) is 18.0 Å². The number of halogens is 1. The summed E-state index contributed by atoms with van der Waals surface area (Å²) in [6, 6.07) is 8.25. The molecule has 138 valence electrons. The normalized spacial score (nSPS) is 28.6. The van der Waals surface area contributed by atoms with Gasteiger partial charge in [-0.15, -0.1) is 12.4 Å². The molecule has 2 fully saturated rings. The van der Waals surface area contributed by atoms with Crippen molar-refractivity contribution < 1.29 is 4.79 Å². The summed E-state index contributed by atoms with van der Waals surface area (Å²) >= 11 is 0. The number of hydrogen-bond acceptors (Lipinski definition) is 2. The molecule has 0 radical (unpaired) electrons. The Hall–Kier alpha value is -1.06. The lowest BCUT2D eigenvalue weighted by molar-refractivity contribution is -0.122. The van der Waals surface area contributed by atoms with Crippen LogP contribution in [0, 0.1) is 5.92 Å². The molecule has 2 bridgehead atoms. The Balaban J connectivity index is 0.00000182. The van der Waals surface area contributed by atoms with Gasteiger partial charge in [-0.1, -0.05) is 18.2 Å². The number of fused-ring (bicyclic) bond motifs is 3. The van der Waals surface area contributed by atoms with Crippen molar-refractivity contribution >= 4 is 18.3 Å². The van der Waals surface area contributed by atoms with E-state index in [2.05, 4.69) is 35.8 Å². The van der Waals surface area contributed by atoms with Gasteiger partial charge in [0.2, 0.25) is 5.91 Å². The molecule has 3 atom stereocenters. The highest BCUT2D eigenvalue weighted by Gasteiger charge is 2.34. The molecule has 1 aromatic rings. The Labute approximate surface area is 157 Å². The Bertz CT molecular complexity index is 606. The van der Waals surface area contributed by atoms with Crippen molar-refractivity contribution in [2.75, 3.05) is 0 Å². The average Bonchev–Trinajstić information content (AvgIpc) is 2.92. The smallest absolute Gasteiger partial charge is 0.220 e. The largest absolute Gasteiger partial charge is 0.350 e. The molecular weight excluding hydrogens is 332 g/mol. The Morgan fingerprint density at radius 1 is 1.16 bits per heavy atom. The molecule has 2 N–H and O–H groups in total. The summed E-state index contributed by atoms with van der Waals surface area (Å²) in [6.07, 6.45) is 10.7. The van der Waals surface area contributed by atoms with E-state index in [4.69, 9.17) is 0 Å². The molecular formula is C21H31ClN2O. The van der Waals surface area contributed by atoms with Gasteiger partial charge in [-0.05, 0) is 80.9 Å². The third-order valence-corrected chi connectivity index (χ3v) is 6.29. The number of aryl methyl sites for hydroxylation is 2. The Morgan fingerprint density at radius 2 is 1.84 bits per heavy atom. The van der Waals surface area contributed by atoms with Crippen LogP contribution < -0.4 is 10.6 Å². The topological polar surface area (TPSA) is 41.1 Å². The highest BCUT2D eigenvalue weighted by molar-refractivity contribution is 5.85. The number of piperidine rings is 1.